The maximum atomic E-state index is 9.49. The Balaban J connectivity index is -0.0000000829. The summed E-state index contributed by atoms with van der Waals surface area (Å²) >= 11 is 2.58. The Hall–Kier alpha value is -1.54. The van der Waals surface area contributed by atoms with Crippen LogP contribution in [0.15, 0.2) is 0 Å². The monoisotopic (exact) mass is 456 g/mol. The van der Waals surface area contributed by atoms with Crippen molar-refractivity contribution in [2.24, 2.45) is 0 Å². The van der Waals surface area contributed by atoms with Gasteiger partial charge in [-0.15, -0.1) is 0 Å². The van der Waals surface area contributed by atoms with Gasteiger partial charge in [0, 0.05) is 23.9 Å². The van der Waals surface area contributed by atoms with Crippen molar-refractivity contribution in [3.63, 3.8) is 0 Å². The van der Waals surface area contributed by atoms with E-state index in [2.05, 4.69) is 38.2 Å². The molecule has 0 aliphatic heterocycles. The van der Waals surface area contributed by atoms with Gasteiger partial charge in [0.25, 0.3) is 0 Å². The van der Waals surface area contributed by atoms with Gasteiger partial charge in [-0.3, -0.25) is 0 Å². The molecule has 0 saturated heterocycles. The van der Waals surface area contributed by atoms with Crippen LogP contribution in [-0.4, -0.2) is 23.9 Å². The summed E-state index contributed by atoms with van der Waals surface area (Å²) < 4.78 is 0.438. The Morgan fingerprint density at radius 3 is 0.655 bits per heavy atom. The first kappa shape index (κ1) is 38.1. The van der Waals surface area contributed by atoms with Gasteiger partial charge in [0.1, 0.15) is 0 Å². The van der Waals surface area contributed by atoms with E-state index >= 15 is 0 Å². The van der Waals surface area contributed by atoms with Crippen molar-refractivity contribution >= 4 is 23.9 Å². The van der Waals surface area contributed by atoms with Crippen LogP contribution in [0.1, 0.15) is 99.8 Å². The topological polar surface area (TPSA) is 161 Å². The van der Waals surface area contributed by atoms with Crippen LogP contribution in [0, 0.1) is 0 Å². The molecule has 170 valence electrons. The van der Waals surface area contributed by atoms with Crippen molar-refractivity contribution in [2.45, 2.75) is 104 Å². The number of aliphatic carboxylic acids is 4. The second-order valence-corrected chi connectivity index (χ2v) is 8.75. The summed E-state index contributed by atoms with van der Waals surface area (Å²) in [4.78, 5) is 38.0. The molecule has 29 heavy (non-hydrogen) atoms. The van der Waals surface area contributed by atoms with Crippen LogP contribution in [-0.2, 0) is 36.6 Å². The van der Waals surface area contributed by atoms with Crippen molar-refractivity contribution in [1.29, 1.82) is 0 Å². The average molecular weight is 456 g/mol. The molecule has 0 amide bonds. The van der Waals surface area contributed by atoms with Gasteiger partial charge < -0.3 is 39.6 Å². The number of carbonyl (C=O) groups excluding carboxylic acids is 4. The number of hydrogen-bond acceptors (Lipinski definition) is 8. The van der Waals surface area contributed by atoms with Crippen molar-refractivity contribution < 1.29 is 57.0 Å². The van der Waals surface area contributed by atoms with Crippen LogP contribution in [0.2, 0.25) is 4.13 Å². The first-order valence-electron chi connectivity index (χ1n) is 9.60. The summed E-state index contributed by atoms with van der Waals surface area (Å²) in [6, 6.07) is 0. The van der Waals surface area contributed by atoms with E-state index in [1.165, 1.54) is 0 Å². The van der Waals surface area contributed by atoms with Gasteiger partial charge in [-0.1, -0.05) is 53.4 Å². The Morgan fingerprint density at radius 2 is 0.655 bits per heavy atom. The van der Waals surface area contributed by atoms with E-state index in [4.69, 9.17) is 0 Å². The van der Waals surface area contributed by atoms with E-state index in [1.807, 2.05) is 0 Å². The van der Waals surface area contributed by atoms with Crippen molar-refractivity contribution in [2.75, 3.05) is 0 Å². The quantitative estimate of drug-likeness (QED) is 0.489. The number of carboxylic acids is 4. The third kappa shape index (κ3) is 145. The fourth-order valence-corrected chi connectivity index (χ4v) is 0.816. The van der Waals surface area contributed by atoms with E-state index in [-0.39, 0.29) is 25.7 Å². The summed E-state index contributed by atoms with van der Waals surface area (Å²) in [5.41, 5.74) is 0. The third-order valence-corrected chi connectivity index (χ3v) is 1.82. The maximum absolute atomic E-state index is 9.49. The summed E-state index contributed by atoms with van der Waals surface area (Å²) in [5, 5.41) is 38.0. The Bertz CT molecular complexity index is 334. The molecule has 0 atom stereocenters. The summed E-state index contributed by atoms with van der Waals surface area (Å²) in [6.45, 7) is 13.7. The van der Waals surface area contributed by atoms with E-state index in [0.29, 0.717) is 29.8 Å². The summed E-state index contributed by atoms with van der Waals surface area (Å²) in [7, 11) is 0. The standard InChI is InChI=1S/4C4H8O2.C4H9.V/c4*1-2-3-4(5)6;1-4(2)3;/h4*2-3H2,1H3,(H,5,6);1-3H3;/q;;;;;+4/p-4. The molecular formula is C20H37O8V. The Labute approximate surface area is 185 Å². The van der Waals surface area contributed by atoms with E-state index < -0.39 is 23.9 Å². The summed E-state index contributed by atoms with van der Waals surface area (Å²) in [5.74, 6) is -3.84. The molecule has 0 heterocycles. The van der Waals surface area contributed by atoms with Crippen LogP contribution >= 0.6 is 0 Å². The minimum atomic E-state index is -0.961. The molecule has 0 aliphatic rings. The fourth-order valence-electron chi connectivity index (χ4n) is 0.816. The van der Waals surface area contributed by atoms with Crippen LogP contribution in [0.4, 0.5) is 0 Å². The van der Waals surface area contributed by atoms with Crippen LogP contribution in [0.25, 0.3) is 0 Å². The first-order chi connectivity index (χ1) is 13.1. The van der Waals surface area contributed by atoms with Crippen molar-refractivity contribution in [1.82, 2.24) is 0 Å². The molecule has 0 unspecified atom stereocenters. The van der Waals surface area contributed by atoms with E-state index in [1.54, 1.807) is 27.7 Å². The Morgan fingerprint density at radius 1 is 0.552 bits per heavy atom. The number of carboxylic acid groups (broad SMARTS) is 4. The van der Waals surface area contributed by atoms with Crippen LogP contribution < -0.4 is 20.4 Å². The fraction of sp³-hybridized carbons (Fsp3) is 0.800. The zero-order chi connectivity index (χ0) is 24.5. The SMILES string of the molecule is CCCC(=O)[O-].CCCC(=O)[O-].CCCC(=O)[O-].CCCC(=O)[O-].C[C](C)(C)[V+4]. The third-order valence-electron chi connectivity index (χ3n) is 1.82. The zero-order valence-corrected chi connectivity index (χ0v) is 20.3. The number of carbonyl (C=O) groups is 4. The zero-order valence-electron chi connectivity index (χ0n) is 18.9. The predicted octanol–water partition coefficient (Wildman–Crippen LogP) is -0.103. The summed E-state index contributed by atoms with van der Waals surface area (Å²) in [6.07, 6.45) is 3.40. The van der Waals surface area contributed by atoms with Gasteiger partial charge in [0.05, 0.1) is 0 Å². The molecule has 9 heteroatoms. The molecule has 0 spiro atoms. The van der Waals surface area contributed by atoms with Gasteiger partial charge in [-0.2, -0.15) is 0 Å². The molecule has 0 radical (unpaired) electrons. The first-order valence-corrected chi connectivity index (χ1v) is 10.3. The second kappa shape index (κ2) is 28.7. The molecule has 0 aromatic carbocycles. The van der Waals surface area contributed by atoms with E-state index in [0.717, 1.165) is 0 Å². The van der Waals surface area contributed by atoms with Gasteiger partial charge in [0.15, 0.2) is 0 Å². The average Bonchev–Trinajstić information content (AvgIpc) is 2.46. The van der Waals surface area contributed by atoms with Crippen molar-refractivity contribution in [3.8, 4) is 0 Å². The molecule has 0 aromatic heterocycles. The molecule has 0 rings (SSSR count). The van der Waals surface area contributed by atoms with Crippen LogP contribution in [0.3, 0.4) is 0 Å². The molecule has 0 aliphatic carbocycles. The molecule has 0 saturated carbocycles. The molecule has 0 aromatic rings. The normalized spacial score (nSPS) is 8.86. The number of rotatable bonds is 8. The Kier molecular flexibility index (Phi) is 37.7. The van der Waals surface area contributed by atoms with E-state index in [9.17, 15) is 39.6 Å². The minimum absolute atomic E-state index is 0.181. The second-order valence-electron chi connectivity index (χ2n) is 6.66. The molecule has 0 N–H and O–H groups in total. The molecular weight excluding hydrogens is 419 g/mol. The molecule has 0 fully saturated rings. The predicted molar refractivity (Wildman–Crippen MR) is 99.4 cm³/mol. The number of hydrogen-bond donors (Lipinski definition) is 0. The molecule has 0 bridgehead atoms. The van der Waals surface area contributed by atoms with Gasteiger partial charge >= 0.3 is 42.3 Å². The van der Waals surface area contributed by atoms with Gasteiger partial charge in [-0.25, -0.2) is 0 Å². The van der Waals surface area contributed by atoms with Gasteiger partial charge in [0.2, 0.25) is 0 Å². The van der Waals surface area contributed by atoms with Crippen LogP contribution in [0.5, 0.6) is 0 Å². The van der Waals surface area contributed by atoms with Crippen molar-refractivity contribution in [3.05, 3.63) is 0 Å². The molecule has 8 nitrogen and oxygen atoms in total. The van der Waals surface area contributed by atoms with Gasteiger partial charge in [-0.05, 0) is 25.7 Å².